The Morgan fingerprint density at radius 3 is 2.60 bits per heavy atom. The number of ether oxygens (including phenoxy) is 1. The minimum Gasteiger partial charge on any atom is -0.462 e. The summed E-state index contributed by atoms with van der Waals surface area (Å²) in [6.45, 7) is 8.93. The smallest absolute Gasteiger partial charge is 0.341 e. The van der Waals surface area contributed by atoms with Crippen LogP contribution in [0.25, 0.3) is 0 Å². The van der Waals surface area contributed by atoms with Gasteiger partial charge in [0.05, 0.1) is 17.9 Å². The molecule has 3 rings (SSSR count). The molecule has 0 aliphatic heterocycles. The first-order valence-electron chi connectivity index (χ1n) is 10.2. The first kappa shape index (κ1) is 23.4. The normalized spacial score (nSPS) is 16.1. The number of esters is 1. The van der Waals surface area contributed by atoms with Gasteiger partial charge in [-0.1, -0.05) is 36.7 Å². The number of carbonyl (C=O) groups is 2. The molecule has 1 aliphatic carbocycles. The Morgan fingerprint density at radius 1 is 1.27 bits per heavy atom. The number of carbonyl (C=O) groups excluding carboxylic acids is 2. The molecule has 1 aromatic heterocycles. The van der Waals surface area contributed by atoms with Crippen molar-refractivity contribution >= 4 is 55.9 Å². The van der Waals surface area contributed by atoms with E-state index in [1.54, 1.807) is 6.92 Å². The number of nitrogens with one attached hydrogen (secondary N) is 1. The van der Waals surface area contributed by atoms with E-state index in [4.69, 9.17) is 4.74 Å². The Hall–Kier alpha value is -1.31. The summed E-state index contributed by atoms with van der Waals surface area (Å²) in [5.41, 5.74) is 1.84. The Bertz CT molecular complexity index is 916. The number of anilines is 1. The van der Waals surface area contributed by atoms with Crippen LogP contribution >= 0.6 is 39.0 Å². The van der Waals surface area contributed by atoms with Crippen molar-refractivity contribution in [1.29, 1.82) is 0 Å². The van der Waals surface area contributed by atoms with Crippen molar-refractivity contribution in [2.45, 2.75) is 51.9 Å². The van der Waals surface area contributed by atoms with Crippen LogP contribution in [0.3, 0.4) is 0 Å². The predicted molar refractivity (Wildman–Crippen MR) is 129 cm³/mol. The maximum atomic E-state index is 12.7. The van der Waals surface area contributed by atoms with E-state index in [0.29, 0.717) is 23.1 Å². The summed E-state index contributed by atoms with van der Waals surface area (Å²) in [4.78, 5) is 27.6. The molecule has 0 radical (unpaired) electrons. The largest absolute Gasteiger partial charge is 0.462 e. The molecule has 1 atom stereocenters. The number of hydrogen-bond acceptors (Lipinski definition) is 5. The van der Waals surface area contributed by atoms with Crippen LogP contribution in [0.2, 0.25) is 0 Å². The predicted octanol–water partition coefficient (Wildman–Crippen LogP) is 6.57. The Labute approximate surface area is 195 Å². The van der Waals surface area contributed by atoms with E-state index in [1.165, 1.54) is 28.0 Å². The van der Waals surface area contributed by atoms with Gasteiger partial charge in [-0.2, -0.15) is 0 Å². The van der Waals surface area contributed by atoms with Crippen LogP contribution in [0, 0.1) is 11.3 Å². The molecule has 30 heavy (non-hydrogen) atoms. The van der Waals surface area contributed by atoms with Gasteiger partial charge in [-0.15, -0.1) is 23.1 Å². The first-order chi connectivity index (χ1) is 14.2. The molecule has 1 amide bonds. The van der Waals surface area contributed by atoms with Crippen LogP contribution in [-0.4, -0.2) is 24.2 Å². The van der Waals surface area contributed by atoms with Crippen LogP contribution in [0.4, 0.5) is 5.00 Å². The zero-order valence-corrected chi connectivity index (χ0v) is 21.1. The van der Waals surface area contributed by atoms with Crippen LogP contribution in [-0.2, 0) is 22.4 Å². The standard InChI is InChI=1S/C23H28BrNO3S2/c1-5-28-22(27)20-17-11-6-14(23(2,3)4)12-18(17)30-21(20)25-19(26)13-29-16-9-7-15(24)8-10-16/h7-10,14H,5-6,11-13H2,1-4H3,(H,25,26)/t14-/m1/s1. The quantitative estimate of drug-likeness (QED) is 0.353. The number of thiophene rings is 1. The van der Waals surface area contributed by atoms with E-state index in [2.05, 4.69) is 42.0 Å². The third-order valence-corrected chi connectivity index (χ3v) is 8.12. The van der Waals surface area contributed by atoms with Crippen LogP contribution in [0.15, 0.2) is 33.6 Å². The maximum absolute atomic E-state index is 12.7. The van der Waals surface area contributed by atoms with Gasteiger partial charge in [0.1, 0.15) is 5.00 Å². The van der Waals surface area contributed by atoms with Gasteiger partial charge in [0.15, 0.2) is 0 Å². The van der Waals surface area contributed by atoms with Crippen molar-refractivity contribution < 1.29 is 14.3 Å². The lowest BCUT2D eigenvalue weighted by atomic mass is 9.72. The highest BCUT2D eigenvalue weighted by Gasteiger charge is 2.34. The number of benzene rings is 1. The molecule has 0 saturated heterocycles. The fraction of sp³-hybridized carbons (Fsp3) is 0.478. The molecule has 4 nitrogen and oxygen atoms in total. The Morgan fingerprint density at radius 2 is 1.97 bits per heavy atom. The lowest BCUT2D eigenvalue weighted by molar-refractivity contribution is -0.113. The lowest BCUT2D eigenvalue weighted by Gasteiger charge is -2.33. The van der Waals surface area contributed by atoms with Gasteiger partial charge in [-0.05, 0) is 67.3 Å². The fourth-order valence-electron chi connectivity index (χ4n) is 3.67. The van der Waals surface area contributed by atoms with Gasteiger partial charge in [-0.3, -0.25) is 4.79 Å². The number of thioether (sulfide) groups is 1. The van der Waals surface area contributed by atoms with E-state index in [0.717, 1.165) is 34.2 Å². The van der Waals surface area contributed by atoms with Crippen LogP contribution in [0.5, 0.6) is 0 Å². The van der Waals surface area contributed by atoms with Crippen molar-refractivity contribution in [3.05, 3.63) is 44.7 Å². The molecule has 0 fully saturated rings. The Kier molecular flexibility index (Phi) is 7.69. The van der Waals surface area contributed by atoms with E-state index in [1.807, 2.05) is 24.3 Å². The van der Waals surface area contributed by atoms with Crippen molar-refractivity contribution in [2.75, 3.05) is 17.7 Å². The second kappa shape index (κ2) is 9.88. The number of halogens is 1. The lowest BCUT2D eigenvalue weighted by Crippen LogP contribution is -2.26. The summed E-state index contributed by atoms with van der Waals surface area (Å²) in [5.74, 6) is 0.409. The van der Waals surface area contributed by atoms with Crippen LogP contribution in [0.1, 0.15) is 54.9 Å². The summed E-state index contributed by atoms with van der Waals surface area (Å²) >= 11 is 6.43. The summed E-state index contributed by atoms with van der Waals surface area (Å²) < 4.78 is 6.32. The maximum Gasteiger partial charge on any atom is 0.341 e. The van der Waals surface area contributed by atoms with Gasteiger partial charge in [-0.25, -0.2) is 4.79 Å². The number of fused-ring (bicyclic) bond motifs is 1. The van der Waals surface area contributed by atoms with Gasteiger partial charge < -0.3 is 10.1 Å². The van der Waals surface area contributed by atoms with E-state index < -0.39 is 0 Å². The third kappa shape index (κ3) is 5.68. The van der Waals surface area contributed by atoms with E-state index in [-0.39, 0.29) is 23.0 Å². The third-order valence-electron chi connectivity index (χ3n) is 5.41. The van der Waals surface area contributed by atoms with Gasteiger partial charge >= 0.3 is 5.97 Å². The molecule has 1 aliphatic rings. The molecule has 7 heteroatoms. The highest BCUT2D eigenvalue weighted by molar-refractivity contribution is 9.10. The minimum atomic E-state index is -0.333. The summed E-state index contributed by atoms with van der Waals surface area (Å²) in [6.07, 6.45) is 2.84. The van der Waals surface area contributed by atoms with E-state index >= 15 is 0 Å². The molecule has 0 unspecified atom stereocenters. The zero-order valence-electron chi connectivity index (χ0n) is 17.8. The zero-order chi connectivity index (χ0) is 21.9. The van der Waals surface area contributed by atoms with Gasteiger partial charge in [0, 0.05) is 14.2 Å². The number of amides is 1. The highest BCUT2D eigenvalue weighted by atomic mass is 79.9. The molecular weight excluding hydrogens is 482 g/mol. The molecule has 1 heterocycles. The molecule has 2 aromatic rings. The van der Waals surface area contributed by atoms with Crippen molar-refractivity contribution in [3.63, 3.8) is 0 Å². The summed E-state index contributed by atoms with van der Waals surface area (Å²) in [7, 11) is 0. The second-order valence-corrected chi connectivity index (χ2v) is 11.6. The Balaban J connectivity index is 1.77. The molecule has 0 saturated carbocycles. The van der Waals surface area contributed by atoms with Gasteiger partial charge in [0.25, 0.3) is 0 Å². The fourth-order valence-corrected chi connectivity index (χ4v) is 5.97. The van der Waals surface area contributed by atoms with Crippen molar-refractivity contribution in [2.24, 2.45) is 11.3 Å². The molecule has 162 valence electrons. The monoisotopic (exact) mass is 509 g/mol. The molecular formula is C23H28BrNO3S2. The minimum absolute atomic E-state index is 0.112. The van der Waals surface area contributed by atoms with Crippen LogP contribution < -0.4 is 5.32 Å². The molecule has 0 bridgehead atoms. The SMILES string of the molecule is CCOC(=O)c1c(NC(=O)CSc2ccc(Br)cc2)sc2c1CC[C@@H](C(C)(C)C)C2. The summed E-state index contributed by atoms with van der Waals surface area (Å²) in [6, 6.07) is 7.86. The molecule has 1 N–H and O–H groups in total. The molecule has 0 spiro atoms. The summed E-state index contributed by atoms with van der Waals surface area (Å²) in [5, 5.41) is 3.62. The second-order valence-electron chi connectivity index (χ2n) is 8.52. The topological polar surface area (TPSA) is 55.4 Å². The average Bonchev–Trinajstić information content (AvgIpc) is 3.04. The highest BCUT2D eigenvalue weighted by Crippen LogP contribution is 2.44. The number of rotatable bonds is 6. The van der Waals surface area contributed by atoms with E-state index in [9.17, 15) is 9.59 Å². The molecule has 1 aromatic carbocycles. The first-order valence-corrected chi connectivity index (χ1v) is 12.8. The van der Waals surface area contributed by atoms with Crippen molar-refractivity contribution in [3.8, 4) is 0 Å². The average molecular weight is 511 g/mol. The van der Waals surface area contributed by atoms with Crippen molar-refractivity contribution in [1.82, 2.24) is 0 Å². The van der Waals surface area contributed by atoms with Gasteiger partial charge in [0.2, 0.25) is 5.91 Å². The number of hydrogen-bond donors (Lipinski definition) is 1.